The van der Waals surface area contributed by atoms with Crippen molar-refractivity contribution in [3.63, 3.8) is 0 Å². The van der Waals surface area contributed by atoms with Gasteiger partial charge < -0.3 is 10.2 Å². The quantitative estimate of drug-likeness (QED) is 0.542. The zero-order valence-corrected chi connectivity index (χ0v) is 18.6. The molecule has 1 aliphatic rings. The van der Waals surface area contributed by atoms with Gasteiger partial charge in [-0.3, -0.25) is 4.79 Å². The number of anilines is 2. The summed E-state index contributed by atoms with van der Waals surface area (Å²) in [6.07, 6.45) is 5.01. The van der Waals surface area contributed by atoms with E-state index in [9.17, 15) is 9.18 Å². The molecule has 3 aromatic rings. The van der Waals surface area contributed by atoms with Gasteiger partial charge in [-0.05, 0) is 50.1 Å². The van der Waals surface area contributed by atoms with E-state index in [1.165, 1.54) is 23.8 Å². The zero-order valence-electron chi connectivity index (χ0n) is 17.0. The third kappa shape index (κ3) is 5.35. The number of piperidine rings is 1. The van der Waals surface area contributed by atoms with Crippen molar-refractivity contribution in [3.05, 3.63) is 71.3 Å². The Bertz CT molecular complexity index is 1080. The van der Waals surface area contributed by atoms with E-state index >= 15 is 0 Å². The van der Waals surface area contributed by atoms with Gasteiger partial charge in [0.1, 0.15) is 10.8 Å². The van der Waals surface area contributed by atoms with Gasteiger partial charge in [0, 0.05) is 36.1 Å². The first-order valence-corrected chi connectivity index (χ1v) is 11.3. The second-order valence-electron chi connectivity index (χ2n) is 7.50. The summed E-state index contributed by atoms with van der Waals surface area (Å²) in [5, 5.41) is 3.66. The largest absolute Gasteiger partial charge is 0.354 e. The molecule has 0 saturated carbocycles. The van der Waals surface area contributed by atoms with Crippen molar-refractivity contribution < 1.29 is 9.18 Å². The molecule has 1 N–H and O–H groups in total. The van der Waals surface area contributed by atoms with E-state index in [1.807, 2.05) is 0 Å². The number of rotatable bonds is 5. The number of halogens is 2. The highest BCUT2D eigenvalue weighted by atomic mass is 35.5. The Kier molecular flexibility index (Phi) is 6.73. The van der Waals surface area contributed by atoms with Gasteiger partial charge in [0.15, 0.2) is 5.82 Å². The van der Waals surface area contributed by atoms with E-state index < -0.39 is 5.82 Å². The predicted octanol–water partition coefficient (Wildman–Crippen LogP) is 5.58. The van der Waals surface area contributed by atoms with Crippen LogP contribution in [0.25, 0.3) is 0 Å². The van der Waals surface area contributed by atoms with Gasteiger partial charge in [-0.2, -0.15) is 0 Å². The SMILES string of the molecule is Cc1ccc(Sc2nccnc2N2CCC[C@H](C(=O)Nc3ccc(F)c(Cl)c3)C2)cc1. The number of hydrogen-bond acceptors (Lipinski definition) is 5. The van der Waals surface area contributed by atoms with Crippen LogP contribution in [0.2, 0.25) is 5.02 Å². The molecule has 0 unspecified atom stereocenters. The second kappa shape index (κ2) is 9.66. The number of carbonyl (C=O) groups excluding carboxylic acids is 1. The van der Waals surface area contributed by atoms with E-state index in [-0.39, 0.29) is 16.8 Å². The topological polar surface area (TPSA) is 58.1 Å². The van der Waals surface area contributed by atoms with E-state index in [1.54, 1.807) is 24.2 Å². The van der Waals surface area contributed by atoms with Gasteiger partial charge in [-0.15, -0.1) is 0 Å². The second-order valence-corrected chi connectivity index (χ2v) is 8.97. The van der Waals surface area contributed by atoms with Gasteiger partial charge in [0.25, 0.3) is 0 Å². The lowest BCUT2D eigenvalue weighted by atomic mass is 9.97. The van der Waals surface area contributed by atoms with Gasteiger partial charge in [0.2, 0.25) is 5.91 Å². The van der Waals surface area contributed by atoms with Gasteiger partial charge in [-0.25, -0.2) is 14.4 Å². The molecule has 5 nitrogen and oxygen atoms in total. The maximum Gasteiger partial charge on any atom is 0.229 e. The smallest absolute Gasteiger partial charge is 0.229 e. The third-order valence-corrected chi connectivity index (χ3v) is 6.44. The van der Waals surface area contributed by atoms with Gasteiger partial charge >= 0.3 is 0 Å². The predicted molar refractivity (Wildman–Crippen MR) is 122 cm³/mol. The van der Waals surface area contributed by atoms with E-state index in [0.717, 1.165) is 35.1 Å². The van der Waals surface area contributed by atoms with E-state index in [0.29, 0.717) is 12.2 Å². The molecule has 0 spiro atoms. The number of nitrogens with zero attached hydrogens (tertiary/aromatic N) is 3. The van der Waals surface area contributed by atoms with Gasteiger partial charge in [0.05, 0.1) is 10.9 Å². The molecule has 2 heterocycles. The van der Waals surface area contributed by atoms with Crippen LogP contribution < -0.4 is 10.2 Å². The van der Waals surface area contributed by atoms with Crippen LogP contribution in [0, 0.1) is 18.7 Å². The van der Waals surface area contributed by atoms with Crippen LogP contribution in [0.5, 0.6) is 0 Å². The summed E-state index contributed by atoms with van der Waals surface area (Å²) < 4.78 is 13.4. The minimum atomic E-state index is -0.509. The summed E-state index contributed by atoms with van der Waals surface area (Å²) in [7, 11) is 0. The molecule has 1 aromatic heterocycles. The van der Waals surface area contributed by atoms with Crippen LogP contribution in [0.15, 0.2) is 64.8 Å². The number of aromatic nitrogens is 2. The van der Waals surface area contributed by atoms with Crippen molar-refractivity contribution in [2.75, 3.05) is 23.3 Å². The van der Waals surface area contributed by atoms with Crippen LogP contribution in [0.4, 0.5) is 15.9 Å². The van der Waals surface area contributed by atoms with Crippen molar-refractivity contribution in [3.8, 4) is 0 Å². The highest BCUT2D eigenvalue weighted by Crippen LogP contribution is 2.34. The molecule has 4 rings (SSSR count). The Hall–Kier alpha value is -2.64. The number of benzene rings is 2. The lowest BCUT2D eigenvalue weighted by Gasteiger charge is -2.33. The molecule has 31 heavy (non-hydrogen) atoms. The molecule has 160 valence electrons. The minimum absolute atomic E-state index is 0.0135. The molecule has 1 amide bonds. The molecule has 1 fully saturated rings. The molecule has 2 aromatic carbocycles. The Balaban J connectivity index is 1.47. The summed E-state index contributed by atoms with van der Waals surface area (Å²) in [5.41, 5.74) is 1.69. The molecular formula is C23H22ClFN4OS. The summed E-state index contributed by atoms with van der Waals surface area (Å²) in [5.74, 6) is -0.0408. The number of amides is 1. The first-order chi connectivity index (χ1) is 15.0. The maximum atomic E-state index is 13.4. The molecular weight excluding hydrogens is 435 g/mol. The third-order valence-electron chi connectivity index (χ3n) is 5.16. The molecule has 1 atom stereocenters. The van der Waals surface area contributed by atoms with Gasteiger partial charge in [-0.1, -0.05) is 41.1 Å². The Labute approximate surface area is 190 Å². The fourth-order valence-corrected chi connectivity index (χ4v) is 4.59. The maximum absolute atomic E-state index is 13.4. The van der Waals surface area contributed by atoms with Crippen molar-refractivity contribution in [2.45, 2.75) is 29.7 Å². The fraction of sp³-hybridized carbons (Fsp3) is 0.261. The van der Waals surface area contributed by atoms with Crippen LogP contribution in [0.1, 0.15) is 18.4 Å². The number of hydrogen-bond donors (Lipinski definition) is 1. The Morgan fingerprint density at radius 3 is 2.74 bits per heavy atom. The van der Waals surface area contributed by atoms with Crippen LogP contribution in [0.3, 0.4) is 0 Å². The number of aryl methyl sites for hydroxylation is 1. The van der Waals surface area contributed by atoms with Crippen LogP contribution in [-0.4, -0.2) is 29.0 Å². The monoisotopic (exact) mass is 456 g/mol. The highest BCUT2D eigenvalue weighted by Gasteiger charge is 2.28. The van der Waals surface area contributed by atoms with Crippen molar-refractivity contribution in [1.82, 2.24) is 9.97 Å². The normalized spacial score (nSPS) is 16.2. The molecule has 1 aliphatic heterocycles. The van der Waals surface area contributed by atoms with Crippen LogP contribution in [-0.2, 0) is 4.79 Å². The summed E-state index contributed by atoms with van der Waals surface area (Å²) in [6.45, 7) is 3.41. The van der Waals surface area contributed by atoms with E-state index in [4.69, 9.17) is 11.6 Å². The Morgan fingerprint density at radius 2 is 1.97 bits per heavy atom. The summed E-state index contributed by atoms with van der Waals surface area (Å²) in [4.78, 5) is 25.1. The standard InChI is InChI=1S/C23H22ClFN4OS/c1-15-4-7-18(8-5-15)31-23-21(26-10-11-27-23)29-12-2-3-16(14-29)22(30)28-17-6-9-20(25)19(24)13-17/h4-11,13,16H,2-3,12,14H2,1H3,(H,28,30)/t16-/m0/s1. The molecule has 0 aliphatic carbocycles. The first-order valence-electron chi connectivity index (χ1n) is 10.1. The number of carbonyl (C=O) groups is 1. The first kappa shape index (κ1) is 21.6. The average molecular weight is 457 g/mol. The molecule has 8 heteroatoms. The van der Waals surface area contributed by atoms with Crippen molar-refractivity contribution in [1.29, 1.82) is 0 Å². The summed E-state index contributed by atoms with van der Waals surface area (Å²) >= 11 is 7.39. The lowest BCUT2D eigenvalue weighted by molar-refractivity contribution is -0.120. The average Bonchev–Trinajstić information content (AvgIpc) is 2.78. The van der Waals surface area contributed by atoms with E-state index in [2.05, 4.69) is 51.4 Å². The lowest BCUT2D eigenvalue weighted by Crippen LogP contribution is -2.41. The number of nitrogens with one attached hydrogen (secondary N) is 1. The van der Waals surface area contributed by atoms with Crippen LogP contribution >= 0.6 is 23.4 Å². The zero-order chi connectivity index (χ0) is 21.8. The molecule has 1 saturated heterocycles. The van der Waals surface area contributed by atoms with Crippen molar-refractivity contribution in [2.24, 2.45) is 5.92 Å². The minimum Gasteiger partial charge on any atom is -0.354 e. The molecule has 0 radical (unpaired) electrons. The molecule has 0 bridgehead atoms. The highest BCUT2D eigenvalue weighted by molar-refractivity contribution is 7.99. The fourth-order valence-electron chi connectivity index (χ4n) is 3.53. The Morgan fingerprint density at radius 1 is 1.19 bits per heavy atom. The summed E-state index contributed by atoms with van der Waals surface area (Å²) in [6, 6.07) is 12.5. The van der Waals surface area contributed by atoms with Crippen molar-refractivity contribution >= 4 is 40.8 Å².